The third-order valence-electron chi connectivity index (χ3n) is 5.01. The average molecular weight is 350 g/mol. The Morgan fingerprint density at radius 3 is 2.64 bits per heavy atom. The lowest BCUT2D eigenvalue weighted by molar-refractivity contribution is 0.0699. The molecule has 1 saturated heterocycles. The molecule has 1 aliphatic rings. The van der Waals surface area contributed by atoms with Gasteiger partial charge in [0.05, 0.1) is 21.7 Å². The van der Waals surface area contributed by atoms with Crippen molar-refractivity contribution in [3.8, 4) is 10.6 Å². The molecule has 1 aliphatic heterocycles. The summed E-state index contributed by atoms with van der Waals surface area (Å²) < 4.78 is 0. The minimum Gasteiger partial charge on any atom is -0.339 e. The van der Waals surface area contributed by atoms with Crippen molar-refractivity contribution in [2.45, 2.75) is 26.7 Å². The highest BCUT2D eigenvalue weighted by Gasteiger charge is 2.23. The van der Waals surface area contributed by atoms with E-state index in [0.717, 1.165) is 53.0 Å². The van der Waals surface area contributed by atoms with Gasteiger partial charge >= 0.3 is 0 Å². The topological polar surface area (TPSA) is 33.2 Å². The molecule has 1 amide bonds. The molecule has 0 aliphatic carbocycles. The Balaban J connectivity index is 1.80. The number of amides is 1. The molecule has 0 unspecified atom stereocenters. The fraction of sp³-hybridized carbons (Fsp3) is 0.333. The van der Waals surface area contributed by atoms with E-state index in [1.807, 2.05) is 35.2 Å². The Kier molecular flexibility index (Phi) is 4.30. The third kappa shape index (κ3) is 3.19. The Hall–Kier alpha value is -2.20. The van der Waals surface area contributed by atoms with E-state index in [4.69, 9.17) is 4.98 Å². The molecule has 0 saturated carbocycles. The van der Waals surface area contributed by atoms with Gasteiger partial charge in [-0.2, -0.15) is 0 Å². The van der Waals surface area contributed by atoms with E-state index in [1.54, 1.807) is 11.3 Å². The molecular formula is C21H22N2OS. The maximum atomic E-state index is 13.2. The van der Waals surface area contributed by atoms with Gasteiger partial charge in [-0.05, 0) is 49.9 Å². The van der Waals surface area contributed by atoms with Crippen LogP contribution in [-0.4, -0.2) is 28.9 Å². The van der Waals surface area contributed by atoms with Crippen LogP contribution in [0.5, 0.6) is 0 Å². The number of para-hydroxylation sites is 1. The van der Waals surface area contributed by atoms with Gasteiger partial charge in [0.25, 0.3) is 5.91 Å². The van der Waals surface area contributed by atoms with Crippen LogP contribution in [0.3, 0.4) is 0 Å². The van der Waals surface area contributed by atoms with Gasteiger partial charge in [-0.3, -0.25) is 4.79 Å². The Labute approximate surface area is 152 Å². The number of hydrogen-bond acceptors (Lipinski definition) is 3. The van der Waals surface area contributed by atoms with E-state index in [-0.39, 0.29) is 5.91 Å². The molecule has 3 nitrogen and oxygen atoms in total. The number of benzene rings is 1. The van der Waals surface area contributed by atoms with Crippen LogP contribution in [-0.2, 0) is 0 Å². The maximum Gasteiger partial charge on any atom is 0.254 e. The smallest absolute Gasteiger partial charge is 0.254 e. The van der Waals surface area contributed by atoms with Gasteiger partial charge in [0.15, 0.2) is 0 Å². The van der Waals surface area contributed by atoms with Gasteiger partial charge in [0.2, 0.25) is 0 Å². The molecule has 25 heavy (non-hydrogen) atoms. The number of carbonyl (C=O) groups excluding carboxylic acids is 1. The lowest BCUT2D eigenvalue weighted by atomic mass is 9.98. The highest BCUT2D eigenvalue weighted by atomic mass is 32.1. The Morgan fingerprint density at radius 2 is 1.92 bits per heavy atom. The zero-order chi connectivity index (χ0) is 17.4. The van der Waals surface area contributed by atoms with Crippen molar-refractivity contribution >= 4 is 28.1 Å². The Bertz CT molecular complexity index is 923. The number of nitrogens with zero attached hydrogens (tertiary/aromatic N) is 2. The van der Waals surface area contributed by atoms with Gasteiger partial charge in [-0.25, -0.2) is 4.98 Å². The van der Waals surface area contributed by atoms with Crippen molar-refractivity contribution < 1.29 is 4.79 Å². The molecule has 0 bridgehead atoms. The van der Waals surface area contributed by atoms with E-state index >= 15 is 0 Å². The lowest BCUT2D eigenvalue weighted by Crippen LogP contribution is -2.38. The molecule has 0 radical (unpaired) electrons. The van der Waals surface area contributed by atoms with E-state index < -0.39 is 0 Å². The van der Waals surface area contributed by atoms with Crippen LogP contribution in [0.4, 0.5) is 0 Å². The van der Waals surface area contributed by atoms with Crippen molar-refractivity contribution in [2.24, 2.45) is 5.92 Å². The van der Waals surface area contributed by atoms with Crippen LogP contribution >= 0.6 is 11.3 Å². The number of aryl methyl sites for hydroxylation is 1. The first kappa shape index (κ1) is 16.3. The van der Waals surface area contributed by atoms with Gasteiger partial charge in [0, 0.05) is 23.4 Å². The first-order chi connectivity index (χ1) is 12.1. The molecule has 0 N–H and O–H groups in total. The second-order valence-corrected chi connectivity index (χ2v) is 8.25. The van der Waals surface area contributed by atoms with Crippen LogP contribution in [0.1, 0.15) is 35.0 Å². The number of pyridine rings is 1. The summed E-state index contributed by atoms with van der Waals surface area (Å²) in [5.74, 6) is 0.850. The first-order valence-corrected chi connectivity index (χ1v) is 9.69. The summed E-state index contributed by atoms with van der Waals surface area (Å²) in [6.07, 6.45) is 2.18. The monoisotopic (exact) mass is 350 g/mol. The van der Waals surface area contributed by atoms with E-state index in [1.165, 1.54) is 4.88 Å². The number of hydrogen-bond donors (Lipinski definition) is 0. The van der Waals surface area contributed by atoms with Crippen molar-refractivity contribution in [3.05, 3.63) is 52.9 Å². The van der Waals surface area contributed by atoms with Gasteiger partial charge in [-0.1, -0.05) is 25.1 Å². The molecular weight excluding hydrogens is 328 g/mol. The summed E-state index contributed by atoms with van der Waals surface area (Å²) in [5.41, 5.74) is 2.56. The molecule has 0 spiro atoms. The summed E-state index contributed by atoms with van der Waals surface area (Å²) in [4.78, 5) is 22.4. The standard InChI is InChI=1S/C21H22N2OS/c1-14-9-11-23(12-10-14)21(24)17-13-19(20-8-7-15(2)25-20)22-18-6-4-3-5-16(17)18/h3-8,13-14H,9-12H2,1-2H3. The predicted molar refractivity (Wildman–Crippen MR) is 104 cm³/mol. The predicted octanol–water partition coefficient (Wildman–Crippen LogP) is 5.14. The molecule has 2 aromatic heterocycles. The minimum atomic E-state index is 0.139. The average Bonchev–Trinajstić information content (AvgIpc) is 3.07. The summed E-state index contributed by atoms with van der Waals surface area (Å²) in [6.45, 7) is 6.06. The van der Waals surface area contributed by atoms with Crippen LogP contribution in [0.25, 0.3) is 21.5 Å². The highest BCUT2D eigenvalue weighted by molar-refractivity contribution is 7.15. The van der Waals surface area contributed by atoms with Gasteiger partial charge in [-0.15, -0.1) is 11.3 Å². The van der Waals surface area contributed by atoms with E-state index in [9.17, 15) is 4.79 Å². The number of carbonyl (C=O) groups is 1. The molecule has 128 valence electrons. The number of likely N-dealkylation sites (tertiary alicyclic amines) is 1. The van der Waals surface area contributed by atoms with Crippen LogP contribution in [0, 0.1) is 12.8 Å². The van der Waals surface area contributed by atoms with E-state index in [0.29, 0.717) is 5.92 Å². The number of aromatic nitrogens is 1. The molecule has 4 rings (SSSR count). The maximum absolute atomic E-state index is 13.2. The summed E-state index contributed by atoms with van der Waals surface area (Å²) in [7, 11) is 0. The molecule has 0 atom stereocenters. The fourth-order valence-electron chi connectivity index (χ4n) is 3.43. The summed E-state index contributed by atoms with van der Waals surface area (Å²) in [5, 5.41) is 0.947. The van der Waals surface area contributed by atoms with E-state index in [2.05, 4.69) is 26.0 Å². The normalized spacial score (nSPS) is 15.7. The molecule has 3 aromatic rings. The first-order valence-electron chi connectivity index (χ1n) is 8.87. The van der Waals surface area contributed by atoms with Crippen molar-refractivity contribution in [1.29, 1.82) is 0 Å². The number of fused-ring (bicyclic) bond motifs is 1. The van der Waals surface area contributed by atoms with Crippen molar-refractivity contribution in [2.75, 3.05) is 13.1 Å². The molecule has 3 heterocycles. The summed E-state index contributed by atoms with van der Waals surface area (Å²) in [6, 6.07) is 14.1. The molecule has 4 heteroatoms. The minimum absolute atomic E-state index is 0.139. The summed E-state index contributed by atoms with van der Waals surface area (Å²) >= 11 is 1.72. The van der Waals surface area contributed by atoms with Gasteiger partial charge in [0.1, 0.15) is 0 Å². The quantitative estimate of drug-likeness (QED) is 0.641. The second kappa shape index (κ2) is 6.60. The van der Waals surface area contributed by atoms with Crippen LogP contribution in [0.15, 0.2) is 42.5 Å². The number of piperidine rings is 1. The zero-order valence-electron chi connectivity index (χ0n) is 14.7. The highest BCUT2D eigenvalue weighted by Crippen LogP contribution is 2.31. The number of thiophene rings is 1. The fourth-order valence-corrected chi connectivity index (χ4v) is 4.26. The Morgan fingerprint density at radius 1 is 1.16 bits per heavy atom. The van der Waals surface area contributed by atoms with Gasteiger partial charge < -0.3 is 4.90 Å². The van der Waals surface area contributed by atoms with Crippen molar-refractivity contribution in [3.63, 3.8) is 0 Å². The number of rotatable bonds is 2. The van der Waals surface area contributed by atoms with Crippen LogP contribution in [0.2, 0.25) is 0 Å². The largest absolute Gasteiger partial charge is 0.339 e. The van der Waals surface area contributed by atoms with Crippen LogP contribution < -0.4 is 0 Å². The zero-order valence-corrected chi connectivity index (χ0v) is 15.5. The van der Waals surface area contributed by atoms with Crippen molar-refractivity contribution in [1.82, 2.24) is 9.88 Å². The molecule has 1 aromatic carbocycles. The molecule has 1 fully saturated rings. The SMILES string of the molecule is Cc1ccc(-c2cc(C(=O)N3CCC(C)CC3)c3ccccc3n2)s1. The lowest BCUT2D eigenvalue weighted by Gasteiger charge is -2.30. The third-order valence-corrected chi connectivity index (χ3v) is 6.03. The second-order valence-electron chi connectivity index (χ2n) is 6.96.